The first-order valence-electron chi connectivity index (χ1n) is 7.58. The van der Waals surface area contributed by atoms with Crippen LogP contribution >= 0.6 is 11.6 Å². The fourth-order valence-corrected chi connectivity index (χ4v) is 2.76. The number of nitrogens with zero attached hydrogens (tertiary/aromatic N) is 1. The van der Waals surface area contributed by atoms with E-state index in [1.54, 1.807) is 18.3 Å². The summed E-state index contributed by atoms with van der Waals surface area (Å²) in [7, 11) is 0. The zero-order chi connectivity index (χ0) is 16.9. The number of rotatable bonds is 4. The molecular weight excluding hydrogens is 322 g/mol. The predicted octanol–water partition coefficient (Wildman–Crippen LogP) is 4.84. The summed E-state index contributed by atoms with van der Waals surface area (Å²) in [6, 6.07) is 21.1. The molecule has 0 bridgehead atoms. The average molecular weight is 338 g/mol. The van der Waals surface area contributed by atoms with Gasteiger partial charge in [0.2, 0.25) is 0 Å². The third-order valence-electron chi connectivity index (χ3n) is 3.66. The van der Waals surface area contributed by atoms with Crippen molar-refractivity contribution in [3.63, 3.8) is 0 Å². The monoisotopic (exact) mass is 337 g/mol. The van der Waals surface area contributed by atoms with E-state index in [4.69, 9.17) is 16.3 Å². The number of esters is 1. The minimum absolute atomic E-state index is 0.0187. The van der Waals surface area contributed by atoms with Gasteiger partial charge in [-0.25, -0.2) is 0 Å². The second-order valence-electron chi connectivity index (χ2n) is 5.40. The summed E-state index contributed by atoms with van der Waals surface area (Å²) >= 11 is 6.01. The smallest absolute Gasteiger partial charge is 0.308 e. The molecule has 1 heterocycles. The molecule has 0 spiro atoms. The highest BCUT2D eigenvalue weighted by Gasteiger charge is 2.18. The SMILES string of the molecule is CC(=O)Oc1ccc(C(c2ccc(Cl)cc2)c2ccccn2)cc1. The Morgan fingerprint density at radius 3 is 2.12 bits per heavy atom. The van der Waals surface area contributed by atoms with Crippen LogP contribution < -0.4 is 4.74 Å². The minimum atomic E-state index is -0.332. The molecule has 0 saturated carbocycles. The van der Waals surface area contributed by atoms with Gasteiger partial charge in [0, 0.05) is 18.1 Å². The number of pyridine rings is 1. The Kier molecular flexibility index (Phi) is 4.92. The minimum Gasteiger partial charge on any atom is -0.427 e. The number of halogens is 1. The van der Waals surface area contributed by atoms with Crippen LogP contribution in [0.1, 0.15) is 29.7 Å². The normalized spacial score (nSPS) is 11.8. The molecule has 120 valence electrons. The molecular formula is C20H16ClNO2. The van der Waals surface area contributed by atoms with E-state index < -0.39 is 0 Å². The van der Waals surface area contributed by atoms with Gasteiger partial charge in [0.05, 0.1) is 11.6 Å². The van der Waals surface area contributed by atoms with E-state index in [9.17, 15) is 4.79 Å². The molecule has 3 aromatic rings. The van der Waals surface area contributed by atoms with E-state index in [1.807, 2.05) is 54.6 Å². The molecule has 1 atom stereocenters. The average Bonchev–Trinajstić information content (AvgIpc) is 2.59. The van der Waals surface area contributed by atoms with Crippen LogP contribution in [0.3, 0.4) is 0 Å². The first-order chi connectivity index (χ1) is 11.6. The van der Waals surface area contributed by atoms with Crippen LogP contribution in [0.4, 0.5) is 0 Å². The topological polar surface area (TPSA) is 39.2 Å². The highest BCUT2D eigenvalue weighted by molar-refractivity contribution is 6.30. The van der Waals surface area contributed by atoms with Crippen molar-refractivity contribution in [1.29, 1.82) is 0 Å². The molecule has 0 aliphatic heterocycles. The zero-order valence-corrected chi connectivity index (χ0v) is 13.9. The van der Waals surface area contributed by atoms with Crippen LogP contribution in [0.15, 0.2) is 72.9 Å². The van der Waals surface area contributed by atoms with Gasteiger partial charge in [0.1, 0.15) is 5.75 Å². The quantitative estimate of drug-likeness (QED) is 0.505. The maximum absolute atomic E-state index is 11.1. The standard InChI is InChI=1S/C20H16ClNO2/c1-14(23)24-18-11-7-16(8-12-18)20(19-4-2-3-13-22-19)15-5-9-17(21)10-6-15/h2-13,20H,1H3. The number of hydrogen-bond donors (Lipinski definition) is 0. The lowest BCUT2D eigenvalue weighted by Crippen LogP contribution is -2.06. The molecule has 24 heavy (non-hydrogen) atoms. The van der Waals surface area contributed by atoms with Gasteiger partial charge in [-0.05, 0) is 47.5 Å². The lowest BCUT2D eigenvalue weighted by atomic mass is 9.88. The van der Waals surface area contributed by atoms with Gasteiger partial charge in [-0.1, -0.05) is 41.9 Å². The molecule has 2 aromatic carbocycles. The Morgan fingerprint density at radius 2 is 1.58 bits per heavy atom. The van der Waals surface area contributed by atoms with E-state index in [2.05, 4.69) is 4.98 Å². The fraction of sp³-hybridized carbons (Fsp3) is 0.100. The molecule has 0 fully saturated rings. The molecule has 0 radical (unpaired) electrons. The Labute approximate surface area is 145 Å². The van der Waals surface area contributed by atoms with Crippen LogP contribution in [0.2, 0.25) is 5.02 Å². The summed E-state index contributed by atoms with van der Waals surface area (Å²) < 4.78 is 5.10. The van der Waals surface area contributed by atoms with Crippen molar-refractivity contribution < 1.29 is 9.53 Å². The van der Waals surface area contributed by atoms with Crippen molar-refractivity contribution >= 4 is 17.6 Å². The molecule has 0 aliphatic rings. The van der Waals surface area contributed by atoms with Crippen molar-refractivity contribution in [3.05, 3.63) is 94.8 Å². The third-order valence-corrected chi connectivity index (χ3v) is 3.91. The fourth-order valence-electron chi connectivity index (χ4n) is 2.63. The van der Waals surface area contributed by atoms with Crippen LogP contribution in [-0.4, -0.2) is 11.0 Å². The number of benzene rings is 2. The van der Waals surface area contributed by atoms with E-state index in [0.717, 1.165) is 16.8 Å². The Bertz CT molecular complexity index is 815. The van der Waals surface area contributed by atoms with Crippen molar-refractivity contribution in [2.75, 3.05) is 0 Å². The highest BCUT2D eigenvalue weighted by atomic mass is 35.5. The third kappa shape index (κ3) is 3.81. The van der Waals surface area contributed by atoms with Gasteiger partial charge in [0.15, 0.2) is 0 Å². The molecule has 0 saturated heterocycles. The van der Waals surface area contributed by atoms with Gasteiger partial charge in [0.25, 0.3) is 0 Å². The summed E-state index contributed by atoms with van der Waals surface area (Å²) in [4.78, 5) is 15.6. The second kappa shape index (κ2) is 7.28. The van der Waals surface area contributed by atoms with Crippen LogP contribution in [0.5, 0.6) is 5.75 Å². The van der Waals surface area contributed by atoms with Crippen LogP contribution in [0, 0.1) is 0 Å². The molecule has 0 N–H and O–H groups in total. The van der Waals surface area contributed by atoms with Crippen LogP contribution in [-0.2, 0) is 4.79 Å². The predicted molar refractivity (Wildman–Crippen MR) is 94.4 cm³/mol. The van der Waals surface area contributed by atoms with Crippen molar-refractivity contribution in [2.45, 2.75) is 12.8 Å². The largest absolute Gasteiger partial charge is 0.427 e. The number of ether oxygens (including phenoxy) is 1. The van der Waals surface area contributed by atoms with Gasteiger partial charge in [-0.2, -0.15) is 0 Å². The number of aromatic nitrogens is 1. The molecule has 1 aromatic heterocycles. The number of carbonyl (C=O) groups excluding carboxylic acids is 1. The zero-order valence-electron chi connectivity index (χ0n) is 13.1. The van der Waals surface area contributed by atoms with Crippen LogP contribution in [0.25, 0.3) is 0 Å². The van der Waals surface area contributed by atoms with E-state index in [-0.39, 0.29) is 11.9 Å². The van der Waals surface area contributed by atoms with Crippen molar-refractivity contribution in [1.82, 2.24) is 4.98 Å². The molecule has 3 nitrogen and oxygen atoms in total. The van der Waals surface area contributed by atoms with Gasteiger partial charge in [-0.3, -0.25) is 9.78 Å². The maximum atomic E-state index is 11.1. The van der Waals surface area contributed by atoms with Gasteiger partial charge in [-0.15, -0.1) is 0 Å². The maximum Gasteiger partial charge on any atom is 0.308 e. The van der Waals surface area contributed by atoms with E-state index in [0.29, 0.717) is 10.8 Å². The van der Waals surface area contributed by atoms with Crippen molar-refractivity contribution in [2.24, 2.45) is 0 Å². The van der Waals surface area contributed by atoms with Crippen molar-refractivity contribution in [3.8, 4) is 5.75 Å². The Hall–Kier alpha value is -2.65. The Morgan fingerprint density at radius 1 is 0.958 bits per heavy atom. The summed E-state index contributed by atoms with van der Waals surface area (Å²) in [6.45, 7) is 1.39. The molecule has 3 rings (SSSR count). The summed E-state index contributed by atoms with van der Waals surface area (Å²) in [5.74, 6) is 0.179. The molecule has 1 unspecified atom stereocenters. The van der Waals surface area contributed by atoms with Gasteiger partial charge < -0.3 is 4.74 Å². The van der Waals surface area contributed by atoms with Gasteiger partial charge >= 0.3 is 5.97 Å². The van der Waals surface area contributed by atoms with E-state index in [1.165, 1.54) is 6.92 Å². The molecule has 4 heteroatoms. The summed E-state index contributed by atoms with van der Waals surface area (Å²) in [5, 5.41) is 0.698. The lowest BCUT2D eigenvalue weighted by Gasteiger charge is -2.18. The Balaban J connectivity index is 2.01. The lowest BCUT2D eigenvalue weighted by molar-refractivity contribution is -0.131. The second-order valence-corrected chi connectivity index (χ2v) is 5.84. The molecule has 0 amide bonds. The summed E-state index contributed by atoms with van der Waals surface area (Å²) in [5.41, 5.74) is 3.10. The number of hydrogen-bond acceptors (Lipinski definition) is 3. The molecule has 0 aliphatic carbocycles. The first-order valence-corrected chi connectivity index (χ1v) is 7.96. The highest BCUT2D eigenvalue weighted by Crippen LogP contribution is 2.32. The van der Waals surface area contributed by atoms with E-state index >= 15 is 0 Å². The number of carbonyl (C=O) groups is 1. The first kappa shape index (κ1) is 16.2. The summed E-state index contributed by atoms with van der Waals surface area (Å²) in [6.07, 6.45) is 1.78.